The summed E-state index contributed by atoms with van der Waals surface area (Å²) in [6, 6.07) is 0. The molecule has 0 amide bonds. The summed E-state index contributed by atoms with van der Waals surface area (Å²) in [5, 5.41) is 0. The van der Waals surface area contributed by atoms with E-state index in [9.17, 15) is 4.79 Å². The van der Waals surface area contributed by atoms with E-state index in [4.69, 9.17) is 4.74 Å². The van der Waals surface area contributed by atoms with Crippen molar-refractivity contribution in [2.75, 3.05) is 0 Å². The molecule has 0 heterocycles. The minimum absolute atomic E-state index is 0.0852. The molecule has 0 aromatic heterocycles. The van der Waals surface area contributed by atoms with Crippen molar-refractivity contribution in [2.24, 2.45) is 5.92 Å². The molecule has 0 aromatic carbocycles. The van der Waals surface area contributed by atoms with E-state index in [1.54, 1.807) is 24.3 Å². The molecule has 1 saturated carbocycles. The number of rotatable bonds is 4. The molecule has 2 nitrogen and oxygen atoms in total. The van der Waals surface area contributed by atoms with Gasteiger partial charge in [-0.1, -0.05) is 44.1 Å². The molecule has 0 unspecified atom stereocenters. The Morgan fingerprint density at radius 1 is 1.13 bits per heavy atom. The van der Waals surface area contributed by atoms with Crippen LogP contribution in [0.15, 0.2) is 37.1 Å². The average Bonchev–Trinajstić information content (AvgIpc) is 2.30. The Kier molecular flexibility index (Phi) is 5.52. The molecule has 0 aromatic rings. The highest BCUT2D eigenvalue weighted by molar-refractivity contribution is 5.73. The molecule has 0 atom stereocenters. The summed E-state index contributed by atoms with van der Waals surface area (Å²) in [6.07, 6.45) is 13.9. The second kappa shape index (κ2) is 7.04. The lowest BCUT2D eigenvalue weighted by atomic mass is 9.89. The van der Waals surface area contributed by atoms with Gasteiger partial charge < -0.3 is 4.74 Å². The highest BCUT2D eigenvalue weighted by Gasteiger charge is 2.21. The Balaban J connectivity index is 2.25. The molecule has 15 heavy (non-hydrogen) atoms. The SMILES string of the molecule is C=C/C=C\C=C\OC(=O)C1CCCCC1. The molecule has 0 aliphatic heterocycles. The van der Waals surface area contributed by atoms with Crippen molar-refractivity contribution >= 4 is 5.97 Å². The van der Waals surface area contributed by atoms with E-state index in [1.807, 2.05) is 0 Å². The fraction of sp³-hybridized carbons (Fsp3) is 0.462. The molecule has 0 spiro atoms. The van der Waals surface area contributed by atoms with Gasteiger partial charge in [-0.2, -0.15) is 0 Å². The molecule has 1 rings (SSSR count). The molecule has 1 aliphatic rings. The van der Waals surface area contributed by atoms with Crippen molar-refractivity contribution in [3.05, 3.63) is 37.1 Å². The van der Waals surface area contributed by atoms with Gasteiger partial charge in [-0.25, -0.2) is 0 Å². The minimum Gasteiger partial charge on any atom is -0.434 e. The van der Waals surface area contributed by atoms with E-state index >= 15 is 0 Å². The third-order valence-electron chi connectivity index (χ3n) is 2.56. The van der Waals surface area contributed by atoms with E-state index < -0.39 is 0 Å². The second-order valence-corrected chi connectivity index (χ2v) is 3.72. The lowest BCUT2D eigenvalue weighted by Gasteiger charge is -2.18. The smallest absolute Gasteiger partial charge is 0.313 e. The first-order valence-corrected chi connectivity index (χ1v) is 5.49. The number of allylic oxidation sites excluding steroid dienone is 4. The summed E-state index contributed by atoms with van der Waals surface area (Å²) in [5.74, 6) is 0.0322. The number of hydrogen-bond donors (Lipinski definition) is 0. The molecule has 82 valence electrons. The zero-order valence-corrected chi connectivity index (χ0v) is 9.02. The molecule has 1 aliphatic carbocycles. The molecular formula is C13H18O2. The first kappa shape index (κ1) is 11.8. The summed E-state index contributed by atoms with van der Waals surface area (Å²) in [5.41, 5.74) is 0. The van der Waals surface area contributed by atoms with Gasteiger partial charge in [-0.05, 0) is 18.9 Å². The van der Waals surface area contributed by atoms with Gasteiger partial charge in [-0.3, -0.25) is 4.79 Å². The van der Waals surface area contributed by atoms with Crippen LogP contribution in [0.5, 0.6) is 0 Å². The molecule has 0 saturated heterocycles. The minimum atomic E-state index is -0.0852. The summed E-state index contributed by atoms with van der Waals surface area (Å²) in [6.45, 7) is 3.54. The predicted molar refractivity (Wildman–Crippen MR) is 61.1 cm³/mol. The zero-order chi connectivity index (χ0) is 10.9. The van der Waals surface area contributed by atoms with Crippen LogP contribution in [0.2, 0.25) is 0 Å². The number of esters is 1. The second-order valence-electron chi connectivity index (χ2n) is 3.72. The van der Waals surface area contributed by atoms with Crippen molar-refractivity contribution < 1.29 is 9.53 Å². The Morgan fingerprint density at radius 3 is 2.53 bits per heavy atom. The molecular weight excluding hydrogens is 188 g/mol. The first-order chi connectivity index (χ1) is 7.34. The van der Waals surface area contributed by atoms with Crippen molar-refractivity contribution in [1.29, 1.82) is 0 Å². The topological polar surface area (TPSA) is 26.3 Å². The van der Waals surface area contributed by atoms with Gasteiger partial charge in [0.15, 0.2) is 0 Å². The average molecular weight is 206 g/mol. The number of hydrogen-bond acceptors (Lipinski definition) is 2. The van der Waals surface area contributed by atoms with Gasteiger partial charge >= 0.3 is 5.97 Å². The van der Waals surface area contributed by atoms with Gasteiger partial charge in [0, 0.05) is 0 Å². The number of carbonyl (C=O) groups excluding carboxylic acids is 1. The molecule has 2 heteroatoms. The fourth-order valence-electron chi connectivity index (χ4n) is 1.73. The van der Waals surface area contributed by atoms with Gasteiger partial charge in [0.1, 0.15) is 0 Å². The van der Waals surface area contributed by atoms with Gasteiger partial charge in [-0.15, -0.1) is 0 Å². The number of carbonyl (C=O) groups is 1. The van der Waals surface area contributed by atoms with Crippen molar-refractivity contribution in [2.45, 2.75) is 32.1 Å². The lowest BCUT2D eigenvalue weighted by Crippen LogP contribution is -2.18. The monoisotopic (exact) mass is 206 g/mol. The summed E-state index contributed by atoms with van der Waals surface area (Å²) < 4.78 is 5.02. The third-order valence-corrected chi connectivity index (χ3v) is 2.56. The van der Waals surface area contributed by atoms with Gasteiger partial charge in [0.2, 0.25) is 0 Å². The van der Waals surface area contributed by atoms with Gasteiger partial charge in [0.25, 0.3) is 0 Å². The summed E-state index contributed by atoms with van der Waals surface area (Å²) in [7, 11) is 0. The maximum atomic E-state index is 11.5. The number of ether oxygens (including phenoxy) is 1. The van der Waals surface area contributed by atoms with Crippen LogP contribution in [0.25, 0.3) is 0 Å². The largest absolute Gasteiger partial charge is 0.434 e. The molecule has 1 fully saturated rings. The van der Waals surface area contributed by atoms with Crippen LogP contribution in [0, 0.1) is 5.92 Å². The van der Waals surface area contributed by atoms with Crippen LogP contribution >= 0.6 is 0 Å². The van der Waals surface area contributed by atoms with Crippen molar-refractivity contribution in [3.63, 3.8) is 0 Å². The van der Waals surface area contributed by atoms with Crippen LogP contribution in [0.3, 0.4) is 0 Å². The first-order valence-electron chi connectivity index (χ1n) is 5.49. The van der Waals surface area contributed by atoms with E-state index in [-0.39, 0.29) is 11.9 Å². The zero-order valence-electron chi connectivity index (χ0n) is 9.02. The van der Waals surface area contributed by atoms with Crippen molar-refractivity contribution in [3.8, 4) is 0 Å². The third kappa shape index (κ3) is 4.63. The maximum Gasteiger partial charge on any atom is 0.313 e. The van der Waals surface area contributed by atoms with Crippen molar-refractivity contribution in [1.82, 2.24) is 0 Å². The quantitative estimate of drug-likeness (QED) is 0.400. The molecule has 0 N–H and O–H groups in total. The van der Waals surface area contributed by atoms with E-state index in [0.29, 0.717) is 0 Å². The van der Waals surface area contributed by atoms with Crippen LogP contribution < -0.4 is 0 Å². The molecule has 0 radical (unpaired) electrons. The summed E-state index contributed by atoms with van der Waals surface area (Å²) >= 11 is 0. The predicted octanol–water partition coefficient (Wildman–Crippen LogP) is 3.37. The summed E-state index contributed by atoms with van der Waals surface area (Å²) in [4.78, 5) is 11.5. The fourth-order valence-corrected chi connectivity index (χ4v) is 1.73. The van der Waals surface area contributed by atoms with E-state index in [2.05, 4.69) is 6.58 Å². The molecule has 0 bridgehead atoms. The van der Waals surface area contributed by atoms with Crippen LogP contribution in [0.1, 0.15) is 32.1 Å². The van der Waals surface area contributed by atoms with E-state index in [1.165, 1.54) is 12.7 Å². The normalized spacial score (nSPS) is 18.4. The highest BCUT2D eigenvalue weighted by atomic mass is 16.5. The Morgan fingerprint density at radius 2 is 1.87 bits per heavy atom. The van der Waals surface area contributed by atoms with Crippen LogP contribution in [-0.2, 0) is 9.53 Å². The Labute approximate surface area is 91.3 Å². The Bertz CT molecular complexity index is 258. The van der Waals surface area contributed by atoms with Crippen LogP contribution in [-0.4, -0.2) is 5.97 Å². The van der Waals surface area contributed by atoms with Gasteiger partial charge in [0.05, 0.1) is 12.2 Å². The highest BCUT2D eigenvalue weighted by Crippen LogP contribution is 2.24. The van der Waals surface area contributed by atoms with E-state index in [0.717, 1.165) is 25.7 Å². The lowest BCUT2D eigenvalue weighted by molar-refractivity contribution is -0.143. The Hall–Kier alpha value is -1.31. The maximum absolute atomic E-state index is 11.5. The van der Waals surface area contributed by atoms with Crippen LogP contribution in [0.4, 0.5) is 0 Å². The standard InChI is InChI=1S/C13H18O2/c1-2-3-4-8-11-15-13(14)12-9-6-5-7-10-12/h2-4,8,11-12H,1,5-7,9-10H2/b4-3-,11-8+.